The number of carbonyl (C=O) groups is 1. The molecule has 15 heavy (non-hydrogen) atoms. The van der Waals surface area contributed by atoms with Crippen molar-refractivity contribution in [3.8, 4) is 0 Å². The number of carboxylic acid groups (broad SMARTS) is 1. The molecule has 0 atom stereocenters. The molecular weight excluding hydrogens is 194 g/mol. The Morgan fingerprint density at radius 1 is 1.33 bits per heavy atom. The van der Waals surface area contributed by atoms with Gasteiger partial charge in [-0.15, -0.1) is 0 Å². The zero-order valence-corrected chi connectivity index (χ0v) is 10.5. The molecule has 1 heterocycles. The van der Waals surface area contributed by atoms with E-state index in [1.807, 2.05) is 0 Å². The third-order valence-electron chi connectivity index (χ3n) is 3.56. The van der Waals surface area contributed by atoms with Crippen molar-refractivity contribution in [1.82, 2.24) is 0 Å². The van der Waals surface area contributed by atoms with Crippen LogP contribution in [0, 0.1) is 0 Å². The summed E-state index contributed by atoms with van der Waals surface area (Å²) in [5.74, 6) is 0. The zero-order chi connectivity index (χ0) is 12.1. The van der Waals surface area contributed by atoms with Gasteiger partial charge in [-0.05, 0) is 26.7 Å². The molecule has 0 N–H and O–H groups in total. The molecule has 1 aliphatic heterocycles. The van der Waals surface area contributed by atoms with Crippen LogP contribution in [0.1, 0.15) is 33.1 Å². The third-order valence-corrected chi connectivity index (χ3v) is 3.56. The first-order chi connectivity index (χ1) is 6.73. The predicted octanol–water partition coefficient (Wildman–Crippen LogP) is 1.00. The van der Waals surface area contributed by atoms with Gasteiger partial charge in [0, 0.05) is 13.5 Å². The molecule has 0 saturated carbocycles. The Morgan fingerprint density at radius 2 is 1.80 bits per heavy atom. The molecule has 0 amide bonds. The van der Waals surface area contributed by atoms with E-state index in [1.54, 1.807) is 0 Å². The quantitative estimate of drug-likeness (QED) is 0.449. The number of carbonyl (C=O) groups excluding carboxylic acids is 1. The fourth-order valence-electron chi connectivity index (χ4n) is 1.67. The van der Waals surface area contributed by atoms with Crippen molar-refractivity contribution in [2.24, 2.45) is 0 Å². The number of ether oxygens (including phenoxy) is 1. The molecule has 1 fully saturated rings. The average molecular weight is 217 g/mol. The van der Waals surface area contributed by atoms with Gasteiger partial charge in [0.2, 0.25) is 0 Å². The summed E-state index contributed by atoms with van der Waals surface area (Å²) in [7, 11) is 5.73. The number of piperidine rings is 1. The number of quaternary nitrogens is 1. The first-order valence-corrected chi connectivity index (χ1v) is 5.31. The minimum atomic E-state index is -1.50. The van der Waals surface area contributed by atoms with Crippen LogP contribution in [-0.4, -0.2) is 43.9 Å². The lowest BCUT2D eigenvalue weighted by Crippen LogP contribution is -2.58. The number of hydrogen-bond donors (Lipinski definition) is 0. The number of hydrogen-bond acceptors (Lipinski definition) is 3. The highest BCUT2D eigenvalue weighted by Crippen LogP contribution is 2.30. The summed E-state index contributed by atoms with van der Waals surface area (Å²) in [6, 6.07) is 0. The summed E-state index contributed by atoms with van der Waals surface area (Å²) >= 11 is 0. The summed E-state index contributed by atoms with van der Waals surface area (Å²) in [5, 5.41) is 9.03. The first kappa shape index (κ1) is 14.2. The number of methoxy groups -OCH3 is 1. The van der Waals surface area contributed by atoms with Crippen molar-refractivity contribution in [3.05, 3.63) is 0 Å². The van der Waals surface area contributed by atoms with E-state index in [0.29, 0.717) is 5.54 Å². The molecule has 1 aliphatic rings. The fraction of sp³-hybridized carbons (Fsp3) is 0.909. The molecule has 4 nitrogen and oxygen atoms in total. The van der Waals surface area contributed by atoms with Gasteiger partial charge in [-0.2, -0.15) is 0 Å². The Morgan fingerprint density at radius 3 is 2.00 bits per heavy atom. The largest absolute Gasteiger partial charge is 0.553 e. The topological polar surface area (TPSA) is 49.4 Å². The van der Waals surface area contributed by atoms with Crippen LogP contribution in [0.5, 0.6) is 0 Å². The normalized spacial score (nSPS) is 22.2. The molecule has 90 valence electrons. The lowest BCUT2D eigenvalue weighted by molar-refractivity contribution is -0.943. The number of rotatable bonds is 0. The molecule has 0 aromatic carbocycles. The molecular formula is C11H23NO3. The monoisotopic (exact) mass is 217 g/mol. The van der Waals surface area contributed by atoms with E-state index in [-0.39, 0.29) is 0 Å². The first-order valence-electron chi connectivity index (χ1n) is 5.31. The maximum Gasteiger partial charge on any atom is 0.251 e. The minimum absolute atomic E-state index is 0.512. The second kappa shape index (κ2) is 5.35. The van der Waals surface area contributed by atoms with Crippen LogP contribution in [-0.2, 0) is 4.74 Å². The van der Waals surface area contributed by atoms with E-state index in [0.717, 1.165) is 7.11 Å². The molecule has 1 saturated heterocycles. The Labute approximate surface area is 92.4 Å². The van der Waals surface area contributed by atoms with Gasteiger partial charge in [0.05, 0.1) is 26.2 Å². The van der Waals surface area contributed by atoms with Crippen molar-refractivity contribution in [1.29, 1.82) is 0 Å². The van der Waals surface area contributed by atoms with Gasteiger partial charge in [-0.25, -0.2) is 0 Å². The fourth-order valence-corrected chi connectivity index (χ4v) is 1.67. The maximum atomic E-state index is 9.03. The van der Waals surface area contributed by atoms with Gasteiger partial charge in [0.15, 0.2) is 0 Å². The summed E-state index contributed by atoms with van der Waals surface area (Å²) in [6.07, 6.45) is 2.73. The molecule has 0 radical (unpaired) electrons. The van der Waals surface area contributed by atoms with Crippen LogP contribution in [0.15, 0.2) is 0 Å². The Kier molecular flexibility index (Phi) is 5.08. The minimum Gasteiger partial charge on any atom is -0.553 e. The smallest absolute Gasteiger partial charge is 0.251 e. The molecule has 0 bridgehead atoms. The molecule has 4 heteroatoms. The summed E-state index contributed by atoms with van der Waals surface area (Å²) in [5.41, 5.74) is 0.512. The SMILES string of the molecule is CC1(C)CCCC[N+]1(C)C.COC(=O)[O-]. The maximum absolute atomic E-state index is 9.03. The van der Waals surface area contributed by atoms with Gasteiger partial charge in [0.25, 0.3) is 6.16 Å². The second-order valence-electron chi connectivity index (χ2n) is 5.13. The van der Waals surface area contributed by atoms with Crippen LogP contribution in [0.2, 0.25) is 0 Å². The standard InChI is InChI=1S/C9H20N.C2H4O3/c1-9(2)7-5-6-8-10(9,3)4;1-5-2(3)4/h5-8H2,1-4H3;1H3,(H,3,4)/q+1;/p-1. The van der Waals surface area contributed by atoms with Crippen LogP contribution in [0.25, 0.3) is 0 Å². The highest BCUT2D eigenvalue weighted by molar-refractivity contribution is 5.53. The van der Waals surface area contributed by atoms with Crippen LogP contribution >= 0.6 is 0 Å². The van der Waals surface area contributed by atoms with Gasteiger partial charge >= 0.3 is 0 Å². The average Bonchev–Trinajstić information content (AvgIpc) is 2.11. The number of likely N-dealkylation sites (tertiary alicyclic amines) is 1. The number of nitrogens with zero attached hydrogens (tertiary/aromatic N) is 1. The zero-order valence-electron chi connectivity index (χ0n) is 10.5. The predicted molar refractivity (Wildman–Crippen MR) is 57.3 cm³/mol. The van der Waals surface area contributed by atoms with Crippen molar-refractivity contribution >= 4 is 6.16 Å². The van der Waals surface area contributed by atoms with Gasteiger partial charge in [-0.3, -0.25) is 0 Å². The van der Waals surface area contributed by atoms with E-state index in [9.17, 15) is 0 Å². The van der Waals surface area contributed by atoms with E-state index < -0.39 is 6.16 Å². The van der Waals surface area contributed by atoms with Gasteiger partial charge < -0.3 is 19.1 Å². The summed E-state index contributed by atoms with van der Waals surface area (Å²) < 4.78 is 4.76. The van der Waals surface area contributed by atoms with Gasteiger partial charge in [-0.1, -0.05) is 0 Å². The Balaban J connectivity index is 0.000000336. The lowest BCUT2D eigenvalue weighted by atomic mass is 9.89. The molecule has 1 rings (SSSR count). The van der Waals surface area contributed by atoms with E-state index in [1.165, 1.54) is 30.3 Å². The second-order valence-corrected chi connectivity index (χ2v) is 5.13. The van der Waals surface area contributed by atoms with Crippen LogP contribution < -0.4 is 5.11 Å². The lowest BCUT2D eigenvalue weighted by Gasteiger charge is -2.48. The van der Waals surface area contributed by atoms with E-state index in [2.05, 4.69) is 32.7 Å². The van der Waals surface area contributed by atoms with Gasteiger partial charge in [0.1, 0.15) is 0 Å². The van der Waals surface area contributed by atoms with Crippen LogP contribution in [0.4, 0.5) is 4.79 Å². The Hall–Kier alpha value is -0.770. The molecule has 0 unspecified atom stereocenters. The van der Waals surface area contributed by atoms with Crippen molar-refractivity contribution < 1.29 is 19.1 Å². The Bertz CT molecular complexity index is 196. The van der Waals surface area contributed by atoms with Crippen molar-refractivity contribution in [2.45, 2.75) is 38.6 Å². The third kappa shape index (κ3) is 4.51. The highest BCUT2D eigenvalue weighted by Gasteiger charge is 2.38. The van der Waals surface area contributed by atoms with E-state index in [4.69, 9.17) is 9.90 Å². The molecule has 0 aromatic rings. The van der Waals surface area contributed by atoms with Crippen LogP contribution in [0.3, 0.4) is 0 Å². The molecule has 0 aliphatic carbocycles. The van der Waals surface area contributed by atoms with Crippen molar-refractivity contribution in [2.75, 3.05) is 27.7 Å². The highest BCUT2D eigenvalue weighted by atomic mass is 16.6. The molecule has 0 aromatic heterocycles. The molecule has 0 spiro atoms. The van der Waals surface area contributed by atoms with E-state index >= 15 is 0 Å². The van der Waals surface area contributed by atoms with Crippen molar-refractivity contribution in [3.63, 3.8) is 0 Å². The summed E-state index contributed by atoms with van der Waals surface area (Å²) in [6.45, 7) is 6.12. The summed E-state index contributed by atoms with van der Waals surface area (Å²) in [4.78, 5) is 9.03.